The van der Waals surface area contributed by atoms with E-state index in [1.54, 1.807) is 10.9 Å². The second kappa shape index (κ2) is 3.41. The first-order valence-corrected chi connectivity index (χ1v) is 5.14. The molecular weight excluding hydrogens is 208 g/mol. The van der Waals surface area contributed by atoms with Crippen LogP contribution in [0.4, 0.5) is 0 Å². The maximum Gasteiger partial charge on any atom is 0.278 e. The summed E-state index contributed by atoms with van der Waals surface area (Å²) in [6.45, 7) is 3.85. The number of fused-ring (bicyclic) bond motifs is 1. The molecule has 1 radical (unpaired) electrons. The second-order valence-electron chi connectivity index (χ2n) is 3.85. The molecule has 3 rings (SSSR count). The van der Waals surface area contributed by atoms with Gasteiger partial charge in [0.1, 0.15) is 6.23 Å². The molecule has 0 aliphatic carbocycles. The van der Waals surface area contributed by atoms with Crippen molar-refractivity contribution in [3.8, 4) is 0 Å². The lowest BCUT2D eigenvalue weighted by Crippen LogP contribution is -2.11. The first-order valence-electron chi connectivity index (χ1n) is 5.14. The molecule has 0 bridgehead atoms. The van der Waals surface area contributed by atoms with Crippen LogP contribution in [0.2, 0.25) is 0 Å². The molecule has 3 heterocycles. The Hall–Kier alpha value is -1.69. The van der Waals surface area contributed by atoms with E-state index in [0.717, 1.165) is 12.8 Å². The quantitative estimate of drug-likeness (QED) is 0.763. The van der Waals surface area contributed by atoms with Gasteiger partial charge in [0.2, 0.25) is 0 Å². The van der Waals surface area contributed by atoms with Crippen molar-refractivity contribution in [1.82, 2.24) is 19.5 Å². The largest absolute Gasteiger partial charge is 0.355 e. The number of imidazole rings is 1. The third-order valence-electron chi connectivity index (χ3n) is 2.76. The van der Waals surface area contributed by atoms with Crippen LogP contribution >= 0.6 is 0 Å². The molecule has 1 aliphatic heterocycles. The van der Waals surface area contributed by atoms with E-state index in [1.807, 2.05) is 0 Å². The maximum atomic E-state index is 11.4. The van der Waals surface area contributed by atoms with Crippen LogP contribution in [0.1, 0.15) is 19.1 Å². The average molecular weight is 219 g/mol. The molecule has 83 valence electrons. The Morgan fingerprint density at radius 1 is 1.50 bits per heavy atom. The normalized spacial score (nSPS) is 25.3. The number of nitrogens with one attached hydrogen (secondary N) is 1. The van der Waals surface area contributed by atoms with E-state index in [0.29, 0.717) is 11.2 Å². The van der Waals surface area contributed by atoms with E-state index < -0.39 is 0 Å². The highest BCUT2D eigenvalue weighted by atomic mass is 16.5. The number of nitrogens with zero attached hydrogens (tertiary/aromatic N) is 3. The molecule has 1 fully saturated rings. The number of hydrogen-bond acceptors (Lipinski definition) is 4. The molecule has 1 aliphatic rings. The molecule has 6 nitrogen and oxygen atoms in total. The summed E-state index contributed by atoms with van der Waals surface area (Å²) in [5.74, 6) is 0. The first kappa shape index (κ1) is 9.53. The number of rotatable bonds is 1. The molecular formula is C10H11N4O2. The zero-order valence-electron chi connectivity index (χ0n) is 8.59. The summed E-state index contributed by atoms with van der Waals surface area (Å²) >= 11 is 0. The fourth-order valence-electron chi connectivity index (χ4n) is 1.97. The zero-order chi connectivity index (χ0) is 11.1. The summed E-state index contributed by atoms with van der Waals surface area (Å²) in [6.07, 6.45) is 4.64. The van der Waals surface area contributed by atoms with Crippen LogP contribution < -0.4 is 5.56 Å². The SMILES string of the molecule is [CH2]C1CCC(n2cnc3c(=O)[nH]cnc32)O1. The molecule has 0 aromatic carbocycles. The van der Waals surface area contributed by atoms with Gasteiger partial charge in [0.25, 0.3) is 5.56 Å². The predicted octanol–water partition coefficient (Wildman–Crippen LogP) is 0.631. The lowest BCUT2D eigenvalue weighted by molar-refractivity contribution is 0.0246. The van der Waals surface area contributed by atoms with Gasteiger partial charge in [-0.3, -0.25) is 9.36 Å². The minimum absolute atomic E-state index is 0.00412. The van der Waals surface area contributed by atoms with Crippen molar-refractivity contribution < 1.29 is 4.74 Å². The van der Waals surface area contributed by atoms with Gasteiger partial charge in [0.15, 0.2) is 11.2 Å². The van der Waals surface area contributed by atoms with E-state index in [4.69, 9.17) is 4.74 Å². The Kier molecular flexibility index (Phi) is 2.03. The standard InChI is InChI=1S/C10H11N4O2/c1-6-2-3-7(16-6)14-5-13-8-9(14)11-4-12-10(8)15/h4-7H,1-3H2,(H,11,12,15). The third kappa shape index (κ3) is 1.34. The zero-order valence-corrected chi connectivity index (χ0v) is 8.59. The number of H-pyrrole nitrogens is 1. The molecule has 0 spiro atoms. The lowest BCUT2D eigenvalue weighted by Gasteiger charge is -2.12. The first-order chi connectivity index (χ1) is 7.75. The molecule has 2 atom stereocenters. The average Bonchev–Trinajstić information content (AvgIpc) is 2.84. The minimum atomic E-state index is -0.229. The van der Waals surface area contributed by atoms with Crippen LogP contribution in [0.3, 0.4) is 0 Å². The highest BCUT2D eigenvalue weighted by molar-refractivity contribution is 5.68. The van der Waals surface area contributed by atoms with Gasteiger partial charge < -0.3 is 9.72 Å². The Morgan fingerprint density at radius 2 is 2.38 bits per heavy atom. The van der Waals surface area contributed by atoms with Crippen LogP contribution in [-0.2, 0) is 4.74 Å². The van der Waals surface area contributed by atoms with E-state index in [9.17, 15) is 4.79 Å². The lowest BCUT2D eigenvalue weighted by atomic mass is 10.2. The van der Waals surface area contributed by atoms with Gasteiger partial charge in [-0.25, -0.2) is 9.97 Å². The molecule has 0 amide bonds. The van der Waals surface area contributed by atoms with Crippen LogP contribution in [0.5, 0.6) is 0 Å². The van der Waals surface area contributed by atoms with Crippen LogP contribution in [-0.4, -0.2) is 25.6 Å². The molecule has 2 unspecified atom stereocenters. The summed E-state index contributed by atoms with van der Waals surface area (Å²) in [5.41, 5.74) is 0.675. The van der Waals surface area contributed by atoms with E-state index in [1.165, 1.54) is 6.33 Å². The number of hydrogen-bond donors (Lipinski definition) is 1. The molecule has 2 aromatic rings. The number of ether oxygens (including phenoxy) is 1. The van der Waals surface area contributed by atoms with Crippen molar-refractivity contribution in [3.05, 3.63) is 29.9 Å². The predicted molar refractivity (Wildman–Crippen MR) is 56.6 cm³/mol. The molecule has 6 heteroatoms. The Morgan fingerprint density at radius 3 is 3.12 bits per heavy atom. The maximum absolute atomic E-state index is 11.4. The summed E-state index contributed by atoms with van der Waals surface area (Å²) in [7, 11) is 0. The third-order valence-corrected chi connectivity index (χ3v) is 2.76. The van der Waals surface area contributed by atoms with Gasteiger partial charge in [-0.2, -0.15) is 0 Å². The molecule has 0 saturated carbocycles. The van der Waals surface area contributed by atoms with Gasteiger partial charge in [-0.15, -0.1) is 0 Å². The summed E-state index contributed by atoms with van der Waals surface area (Å²) < 4.78 is 7.40. The van der Waals surface area contributed by atoms with Crippen molar-refractivity contribution in [3.63, 3.8) is 0 Å². The van der Waals surface area contributed by atoms with Crippen molar-refractivity contribution in [2.45, 2.75) is 25.2 Å². The van der Waals surface area contributed by atoms with E-state index >= 15 is 0 Å². The highest BCUT2D eigenvalue weighted by Gasteiger charge is 2.25. The molecule has 1 saturated heterocycles. The fourth-order valence-corrected chi connectivity index (χ4v) is 1.97. The van der Waals surface area contributed by atoms with Crippen molar-refractivity contribution in [1.29, 1.82) is 0 Å². The van der Waals surface area contributed by atoms with E-state index in [-0.39, 0.29) is 17.9 Å². The van der Waals surface area contributed by atoms with Gasteiger partial charge in [0.05, 0.1) is 18.8 Å². The van der Waals surface area contributed by atoms with E-state index in [2.05, 4.69) is 21.9 Å². The minimum Gasteiger partial charge on any atom is -0.355 e. The smallest absolute Gasteiger partial charge is 0.278 e. The van der Waals surface area contributed by atoms with Crippen LogP contribution in [0.25, 0.3) is 11.2 Å². The van der Waals surface area contributed by atoms with Gasteiger partial charge in [0, 0.05) is 0 Å². The number of aromatic amines is 1. The monoisotopic (exact) mass is 219 g/mol. The van der Waals surface area contributed by atoms with Gasteiger partial charge >= 0.3 is 0 Å². The summed E-state index contributed by atoms with van der Waals surface area (Å²) in [5, 5.41) is 0. The van der Waals surface area contributed by atoms with Crippen molar-refractivity contribution in [2.75, 3.05) is 0 Å². The van der Waals surface area contributed by atoms with Gasteiger partial charge in [-0.1, -0.05) is 0 Å². The van der Waals surface area contributed by atoms with Crippen LogP contribution in [0.15, 0.2) is 17.4 Å². The highest BCUT2D eigenvalue weighted by Crippen LogP contribution is 2.28. The molecule has 1 N–H and O–H groups in total. The molecule has 16 heavy (non-hydrogen) atoms. The summed E-state index contributed by atoms with van der Waals surface area (Å²) in [6, 6.07) is 0. The summed E-state index contributed by atoms with van der Waals surface area (Å²) in [4.78, 5) is 22.1. The van der Waals surface area contributed by atoms with Crippen molar-refractivity contribution in [2.24, 2.45) is 0 Å². The topological polar surface area (TPSA) is 72.8 Å². The van der Waals surface area contributed by atoms with Crippen molar-refractivity contribution >= 4 is 11.2 Å². The van der Waals surface area contributed by atoms with Crippen LogP contribution in [0, 0.1) is 6.92 Å². The Balaban J connectivity index is 2.11. The van der Waals surface area contributed by atoms with Gasteiger partial charge in [-0.05, 0) is 19.8 Å². The Bertz CT molecular complexity index is 573. The fraction of sp³-hybridized carbons (Fsp3) is 0.400. The second-order valence-corrected chi connectivity index (χ2v) is 3.85. The molecule has 2 aromatic heterocycles. The number of aromatic nitrogens is 4. The Labute approximate surface area is 91.3 Å².